The van der Waals surface area contributed by atoms with Gasteiger partial charge in [-0.1, -0.05) is 12.7 Å². The number of phenols is 1. The van der Waals surface area contributed by atoms with Crippen LogP contribution in [0.15, 0.2) is 36.0 Å². The van der Waals surface area contributed by atoms with E-state index in [-0.39, 0.29) is 11.7 Å². The molecular formula is C17H24N3O3+. The molecule has 0 spiro atoms. The zero-order chi connectivity index (χ0) is 16.5. The minimum absolute atomic E-state index is 0.0474. The quantitative estimate of drug-likeness (QED) is 0.389. The van der Waals surface area contributed by atoms with E-state index in [1.165, 1.54) is 36.4 Å². The maximum Gasteiger partial charge on any atom is 0.295 e. The van der Waals surface area contributed by atoms with Crippen molar-refractivity contribution in [1.29, 1.82) is 0 Å². The summed E-state index contributed by atoms with van der Waals surface area (Å²) >= 11 is 0. The predicted octanol–water partition coefficient (Wildman–Crippen LogP) is 0.476. The molecule has 124 valence electrons. The number of ether oxygens (including phenoxy) is 1. The number of nitrogens with zero attached hydrogens (tertiary/aromatic N) is 1. The molecule has 3 N–H and O–H groups in total. The maximum absolute atomic E-state index is 11.8. The Labute approximate surface area is 136 Å². The second-order valence-corrected chi connectivity index (χ2v) is 5.60. The van der Waals surface area contributed by atoms with Gasteiger partial charge < -0.3 is 14.7 Å². The number of benzene rings is 1. The first kappa shape index (κ1) is 17.0. The van der Waals surface area contributed by atoms with Crippen LogP contribution in [0.4, 0.5) is 0 Å². The number of carbonyl (C=O) groups excluding carboxylic acids is 1. The van der Waals surface area contributed by atoms with E-state index in [0.717, 1.165) is 13.1 Å². The molecule has 1 aliphatic heterocycles. The molecule has 2 rings (SSSR count). The average molecular weight is 318 g/mol. The lowest BCUT2D eigenvalue weighted by Crippen LogP contribution is -3.13. The molecular weight excluding hydrogens is 294 g/mol. The Hall–Kier alpha value is -2.34. The molecule has 1 saturated heterocycles. The number of hydrazone groups is 1. The molecule has 1 aliphatic rings. The van der Waals surface area contributed by atoms with Gasteiger partial charge in [-0.25, -0.2) is 5.43 Å². The number of nitrogens with one attached hydrogen (secondary N) is 2. The van der Waals surface area contributed by atoms with Gasteiger partial charge in [0.1, 0.15) is 18.1 Å². The minimum Gasteiger partial charge on any atom is -0.507 e. The van der Waals surface area contributed by atoms with Crippen LogP contribution in [0.25, 0.3) is 0 Å². The summed E-state index contributed by atoms with van der Waals surface area (Å²) in [5.41, 5.74) is 3.02. The van der Waals surface area contributed by atoms with Crippen molar-refractivity contribution in [3.05, 3.63) is 36.4 Å². The van der Waals surface area contributed by atoms with Crippen LogP contribution in [-0.2, 0) is 4.79 Å². The van der Waals surface area contributed by atoms with Crippen molar-refractivity contribution in [3.8, 4) is 11.5 Å². The van der Waals surface area contributed by atoms with Crippen LogP contribution in [0, 0.1) is 0 Å². The van der Waals surface area contributed by atoms with Gasteiger partial charge in [-0.3, -0.25) is 4.79 Å². The molecule has 1 fully saturated rings. The summed E-state index contributed by atoms with van der Waals surface area (Å²) in [6, 6.07) is 4.91. The van der Waals surface area contributed by atoms with Crippen molar-refractivity contribution in [3.63, 3.8) is 0 Å². The smallest absolute Gasteiger partial charge is 0.295 e. The van der Waals surface area contributed by atoms with Crippen molar-refractivity contribution in [1.82, 2.24) is 5.43 Å². The Morgan fingerprint density at radius 3 is 2.87 bits per heavy atom. The average Bonchev–Trinajstić information content (AvgIpc) is 2.55. The van der Waals surface area contributed by atoms with Crippen molar-refractivity contribution in [2.75, 3.05) is 26.2 Å². The molecule has 0 atom stereocenters. The number of hydrogen-bond donors (Lipinski definition) is 3. The number of piperidine rings is 1. The molecule has 0 radical (unpaired) electrons. The molecule has 0 saturated carbocycles. The molecule has 6 nitrogen and oxygen atoms in total. The van der Waals surface area contributed by atoms with E-state index in [1.54, 1.807) is 18.2 Å². The molecule has 0 aromatic heterocycles. The first-order chi connectivity index (χ1) is 11.2. The largest absolute Gasteiger partial charge is 0.507 e. The molecule has 0 unspecified atom stereocenters. The van der Waals surface area contributed by atoms with Crippen LogP contribution in [0.5, 0.6) is 11.5 Å². The number of hydrogen-bond acceptors (Lipinski definition) is 4. The standard InChI is InChI=1S/C17H23N3O3/c1-2-10-23-15-7-6-14(16(21)11-15)12-18-19-17(22)13-20-8-4-3-5-9-20/h2,6-7,11-12,21H,1,3-5,8-10,13H2,(H,19,22)/p+1/b18-12+. The molecule has 0 bridgehead atoms. The highest BCUT2D eigenvalue weighted by Crippen LogP contribution is 2.22. The Bertz CT molecular complexity index is 566. The van der Waals surface area contributed by atoms with E-state index in [0.29, 0.717) is 24.5 Å². The van der Waals surface area contributed by atoms with Crippen LogP contribution in [-0.4, -0.2) is 43.5 Å². The van der Waals surface area contributed by atoms with E-state index in [4.69, 9.17) is 4.74 Å². The highest BCUT2D eigenvalue weighted by molar-refractivity contribution is 5.85. The Balaban J connectivity index is 1.82. The number of quaternary nitrogens is 1. The number of aromatic hydroxyl groups is 1. The number of phenolic OH excluding ortho intramolecular Hbond substituents is 1. The molecule has 6 heteroatoms. The predicted molar refractivity (Wildman–Crippen MR) is 89.0 cm³/mol. The zero-order valence-electron chi connectivity index (χ0n) is 13.3. The fourth-order valence-electron chi connectivity index (χ4n) is 2.55. The van der Waals surface area contributed by atoms with Crippen molar-refractivity contribution in [2.24, 2.45) is 5.10 Å². The van der Waals surface area contributed by atoms with Gasteiger partial charge in [0.05, 0.1) is 19.3 Å². The lowest BCUT2D eigenvalue weighted by molar-refractivity contribution is -0.896. The third-order valence-corrected chi connectivity index (χ3v) is 3.73. The van der Waals surface area contributed by atoms with Crippen LogP contribution >= 0.6 is 0 Å². The van der Waals surface area contributed by atoms with Crippen LogP contribution < -0.4 is 15.1 Å². The van der Waals surface area contributed by atoms with Gasteiger partial charge in [0, 0.05) is 11.6 Å². The van der Waals surface area contributed by atoms with Gasteiger partial charge in [-0.15, -0.1) is 0 Å². The number of carbonyl (C=O) groups is 1. The van der Waals surface area contributed by atoms with E-state index >= 15 is 0 Å². The molecule has 1 aromatic rings. The molecule has 23 heavy (non-hydrogen) atoms. The van der Waals surface area contributed by atoms with Gasteiger partial charge in [-0.2, -0.15) is 5.10 Å². The third-order valence-electron chi connectivity index (χ3n) is 3.73. The lowest BCUT2D eigenvalue weighted by Gasteiger charge is -2.22. The molecule has 1 heterocycles. The highest BCUT2D eigenvalue weighted by atomic mass is 16.5. The Morgan fingerprint density at radius 2 is 2.17 bits per heavy atom. The van der Waals surface area contributed by atoms with Crippen LogP contribution in [0.2, 0.25) is 0 Å². The van der Waals surface area contributed by atoms with Gasteiger partial charge >= 0.3 is 0 Å². The van der Waals surface area contributed by atoms with Gasteiger partial charge in [0.2, 0.25) is 0 Å². The topological polar surface area (TPSA) is 75.4 Å². The first-order valence-corrected chi connectivity index (χ1v) is 7.91. The van der Waals surface area contributed by atoms with Gasteiger partial charge in [0.15, 0.2) is 6.54 Å². The molecule has 1 amide bonds. The van der Waals surface area contributed by atoms with E-state index < -0.39 is 0 Å². The summed E-state index contributed by atoms with van der Waals surface area (Å²) in [5, 5.41) is 13.8. The summed E-state index contributed by atoms with van der Waals surface area (Å²) in [5.74, 6) is 0.493. The third kappa shape index (κ3) is 5.75. The summed E-state index contributed by atoms with van der Waals surface area (Å²) in [7, 11) is 0. The van der Waals surface area contributed by atoms with Gasteiger partial charge in [0.25, 0.3) is 5.91 Å². The summed E-state index contributed by atoms with van der Waals surface area (Å²) in [4.78, 5) is 13.1. The molecule has 0 aliphatic carbocycles. The number of likely N-dealkylation sites (tertiary alicyclic amines) is 1. The van der Waals surface area contributed by atoms with E-state index in [2.05, 4.69) is 17.1 Å². The van der Waals surface area contributed by atoms with Crippen LogP contribution in [0.3, 0.4) is 0 Å². The highest BCUT2D eigenvalue weighted by Gasteiger charge is 2.16. The summed E-state index contributed by atoms with van der Waals surface area (Å²) in [6.07, 6.45) is 6.68. The van der Waals surface area contributed by atoms with E-state index in [1.807, 2.05) is 0 Å². The van der Waals surface area contributed by atoms with Crippen molar-refractivity contribution >= 4 is 12.1 Å². The normalized spacial score (nSPS) is 15.5. The Kier molecular flexibility index (Phi) is 6.62. The Morgan fingerprint density at radius 1 is 1.39 bits per heavy atom. The second-order valence-electron chi connectivity index (χ2n) is 5.60. The van der Waals surface area contributed by atoms with Crippen LogP contribution in [0.1, 0.15) is 24.8 Å². The fraction of sp³-hybridized carbons (Fsp3) is 0.412. The van der Waals surface area contributed by atoms with Crippen molar-refractivity contribution < 1.29 is 19.5 Å². The first-order valence-electron chi connectivity index (χ1n) is 7.91. The molecule has 1 aromatic carbocycles. The summed E-state index contributed by atoms with van der Waals surface area (Å²) in [6.45, 7) is 6.47. The number of rotatable bonds is 7. The monoisotopic (exact) mass is 318 g/mol. The SMILES string of the molecule is C=CCOc1ccc(/C=N/NC(=O)C[NH+]2CCCCC2)c(O)c1. The van der Waals surface area contributed by atoms with Gasteiger partial charge in [-0.05, 0) is 31.4 Å². The minimum atomic E-state index is -0.108. The van der Waals surface area contributed by atoms with E-state index in [9.17, 15) is 9.90 Å². The zero-order valence-corrected chi connectivity index (χ0v) is 13.3. The summed E-state index contributed by atoms with van der Waals surface area (Å²) < 4.78 is 5.32. The maximum atomic E-state index is 11.8. The number of amides is 1. The fourth-order valence-corrected chi connectivity index (χ4v) is 2.55. The second kappa shape index (κ2) is 8.95. The lowest BCUT2D eigenvalue weighted by atomic mass is 10.1. The van der Waals surface area contributed by atoms with Crippen molar-refractivity contribution in [2.45, 2.75) is 19.3 Å².